The summed E-state index contributed by atoms with van der Waals surface area (Å²) in [6.07, 6.45) is 4.96. The van der Waals surface area contributed by atoms with Crippen molar-refractivity contribution in [1.29, 1.82) is 0 Å². The van der Waals surface area contributed by atoms with Crippen molar-refractivity contribution < 1.29 is 0 Å². The van der Waals surface area contributed by atoms with Crippen molar-refractivity contribution in [2.75, 3.05) is 5.73 Å². The third-order valence-electron chi connectivity index (χ3n) is 2.18. The van der Waals surface area contributed by atoms with E-state index < -0.39 is 0 Å². The maximum Gasteiger partial charge on any atom is 0.256 e. The summed E-state index contributed by atoms with van der Waals surface area (Å²) in [5.74, 6) is 0.493. The van der Waals surface area contributed by atoms with Crippen LogP contribution in [0.4, 0.5) is 5.95 Å². The van der Waals surface area contributed by atoms with Crippen molar-refractivity contribution in [3.63, 3.8) is 0 Å². The number of nitrogen functional groups attached to an aromatic ring is 1. The van der Waals surface area contributed by atoms with Crippen LogP contribution < -0.4 is 5.73 Å². The minimum Gasteiger partial charge on any atom is -0.368 e. The second-order valence-electron chi connectivity index (χ2n) is 3.55. The Bertz CT molecular complexity index is 690. The lowest BCUT2D eigenvalue weighted by Gasteiger charge is -2.03. The topological polar surface area (TPSA) is 113 Å². The molecule has 0 fully saturated rings. The van der Waals surface area contributed by atoms with Crippen LogP contribution >= 0.6 is 11.8 Å². The lowest BCUT2D eigenvalue weighted by Crippen LogP contribution is -2.07. The Labute approximate surface area is 111 Å². The fourth-order valence-electron chi connectivity index (χ4n) is 1.34. The zero-order valence-electron chi connectivity index (χ0n) is 9.87. The molecule has 9 nitrogen and oxygen atoms in total. The van der Waals surface area contributed by atoms with Gasteiger partial charge in [0.15, 0.2) is 5.16 Å². The van der Waals surface area contributed by atoms with E-state index in [1.807, 2.05) is 7.05 Å². The Balaban J connectivity index is 1.96. The van der Waals surface area contributed by atoms with Gasteiger partial charge in [-0.05, 0) is 17.8 Å². The molecule has 0 atom stereocenters. The Morgan fingerprint density at radius 3 is 2.84 bits per heavy atom. The van der Waals surface area contributed by atoms with Crippen LogP contribution in [-0.4, -0.2) is 39.5 Å². The molecule has 96 valence electrons. The zero-order chi connectivity index (χ0) is 13.2. The first-order chi connectivity index (χ1) is 9.22. The van der Waals surface area contributed by atoms with Gasteiger partial charge in [-0.25, -0.2) is 4.68 Å². The molecule has 0 aliphatic carbocycles. The maximum atomic E-state index is 5.67. The van der Waals surface area contributed by atoms with E-state index in [1.165, 1.54) is 16.4 Å². The standard InChI is InChI=1S/C9H9N9S/c1-17-5-11-16-9(17)19-8-14-6(10)13-7(15-8)18-4-2-3-12-18/h2-5H,1H3,(H2,10,13,14,15). The number of aromatic nitrogens is 8. The van der Waals surface area contributed by atoms with Crippen LogP contribution in [-0.2, 0) is 7.05 Å². The minimum absolute atomic E-state index is 0.130. The molecule has 0 bridgehead atoms. The summed E-state index contributed by atoms with van der Waals surface area (Å²) < 4.78 is 3.27. The van der Waals surface area contributed by atoms with Crippen molar-refractivity contribution in [2.45, 2.75) is 10.3 Å². The Morgan fingerprint density at radius 1 is 1.26 bits per heavy atom. The van der Waals surface area contributed by atoms with Gasteiger partial charge >= 0.3 is 0 Å². The van der Waals surface area contributed by atoms with E-state index in [1.54, 1.807) is 29.4 Å². The van der Waals surface area contributed by atoms with E-state index in [-0.39, 0.29) is 5.95 Å². The lowest BCUT2D eigenvalue weighted by atomic mass is 10.7. The number of aryl methyl sites for hydroxylation is 1. The number of hydrogen-bond donors (Lipinski definition) is 1. The fraction of sp³-hybridized carbons (Fsp3) is 0.111. The molecule has 10 heteroatoms. The van der Waals surface area contributed by atoms with Crippen molar-refractivity contribution in [3.05, 3.63) is 24.8 Å². The van der Waals surface area contributed by atoms with Gasteiger partial charge in [-0.3, -0.25) is 0 Å². The summed E-state index contributed by atoms with van der Waals surface area (Å²) >= 11 is 1.25. The summed E-state index contributed by atoms with van der Waals surface area (Å²) in [4.78, 5) is 12.4. The molecular weight excluding hydrogens is 266 g/mol. The zero-order valence-corrected chi connectivity index (χ0v) is 10.7. The molecule has 3 heterocycles. The third kappa shape index (κ3) is 2.38. The number of nitrogens with zero attached hydrogens (tertiary/aromatic N) is 8. The number of hydrogen-bond acceptors (Lipinski definition) is 8. The first-order valence-electron chi connectivity index (χ1n) is 5.26. The summed E-state index contributed by atoms with van der Waals surface area (Å²) in [5.41, 5.74) is 5.67. The minimum atomic E-state index is 0.130. The molecule has 0 saturated carbocycles. The Hall–Kier alpha value is -2.49. The SMILES string of the molecule is Cn1cnnc1Sc1nc(N)nc(-n2cccn2)n1. The highest BCUT2D eigenvalue weighted by molar-refractivity contribution is 7.99. The highest BCUT2D eigenvalue weighted by atomic mass is 32.2. The van der Waals surface area contributed by atoms with Gasteiger partial charge in [-0.2, -0.15) is 20.1 Å². The Kier molecular flexibility index (Phi) is 2.83. The molecule has 0 radical (unpaired) electrons. The van der Waals surface area contributed by atoms with Crippen molar-refractivity contribution in [1.82, 2.24) is 39.5 Å². The molecule has 0 spiro atoms. The number of rotatable bonds is 3. The summed E-state index contributed by atoms with van der Waals surface area (Å²) in [6.45, 7) is 0. The van der Waals surface area contributed by atoms with Gasteiger partial charge in [0.05, 0.1) is 0 Å². The maximum absolute atomic E-state index is 5.67. The van der Waals surface area contributed by atoms with E-state index in [9.17, 15) is 0 Å². The van der Waals surface area contributed by atoms with Gasteiger partial charge in [0, 0.05) is 19.4 Å². The molecule has 19 heavy (non-hydrogen) atoms. The largest absolute Gasteiger partial charge is 0.368 e. The number of anilines is 1. The molecule has 3 aromatic rings. The van der Waals surface area contributed by atoms with Gasteiger partial charge in [-0.15, -0.1) is 10.2 Å². The van der Waals surface area contributed by atoms with E-state index in [0.29, 0.717) is 16.3 Å². The predicted molar refractivity (Wildman–Crippen MR) is 66.5 cm³/mol. The van der Waals surface area contributed by atoms with Gasteiger partial charge in [0.25, 0.3) is 5.95 Å². The molecule has 3 aromatic heterocycles. The van der Waals surface area contributed by atoms with Gasteiger partial charge in [0.1, 0.15) is 6.33 Å². The normalized spacial score (nSPS) is 10.8. The molecule has 0 amide bonds. The van der Waals surface area contributed by atoms with E-state index in [2.05, 4.69) is 30.2 Å². The van der Waals surface area contributed by atoms with Crippen LogP contribution in [0.25, 0.3) is 5.95 Å². The van der Waals surface area contributed by atoms with E-state index in [4.69, 9.17) is 5.73 Å². The Morgan fingerprint density at radius 2 is 2.16 bits per heavy atom. The second-order valence-corrected chi connectivity index (χ2v) is 4.49. The summed E-state index contributed by atoms with van der Waals surface area (Å²) in [5, 5.41) is 12.9. The fourth-order valence-corrected chi connectivity index (χ4v) is 2.05. The van der Waals surface area contributed by atoms with Crippen molar-refractivity contribution in [3.8, 4) is 5.95 Å². The number of nitrogens with two attached hydrogens (primary N) is 1. The smallest absolute Gasteiger partial charge is 0.256 e. The monoisotopic (exact) mass is 275 g/mol. The van der Waals surface area contributed by atoms with Crippen LogP contribution in [0.5, 0.6) is 0 Å². The summed E-state index contributed by atoms with van der Waals surface area (Å²) in [6, 6.07) is 1.77. The average molecular weight is 275 g/mol. The first-order valence-corrected chi connectivity index (χ1v) is 6.07. The quantitative estimate of drug-likeness (QED) is 0.706. The van der Waals surface area contributed by atoms with Crippen molar-refractivity contribution in [2.24, 2.45) is 7.05 Å². The van der Waals surface area contributed by atoms with E-state index >= 15 is 0 Å². The molecular formula is C9H9N9S. The van der Waals surface area contributed by atoms with Crippen LogP contribution in [0.1, 0.15) is 0 Å². The molecule has 0 aliphatic heterocycles. The molecule has 0 saturated heterocycles. The molecule has 2 N–H and O–H groups in total. The highest BCUT2D eigenvalue weighted by Gasteiger charge is 2.10. The van der Waals surface area contributed by atoms with Gasteiger partial charge < -0.3 is 10.3 Å². The molecule has 0 aromatic carbocycles. The summed E-state index contributed by atoms with van der Waals surface area (Å²) in [7, 11) is 1.83. The molecule has 3 rings (SSSR count). The average Bonchev–Trinajstić information content (AvgIpc) is 3.01. The van der Waals surface area contributed by atoms with Crippen LogP contribution in [0, 0.1) is 0 Å². The van der Waals surface area contributed by atoms with Crippen molar-refractivity contribution >= 4 is 17.7 Å². The third-order valence-corrected chi connectivity index (χ3v) is 3.10. The van der Waals surface area contributed by atoms with Gasteiger partial charge in [0.2, 0.25) is 11.1 Å². The van der Waals surface area contributed by atoms with E-state index in [0.717, 1.165) is 0 Å². The van der Waals surface area contributed by atoms with Crippen LogP contribution in [0.2, 0.25) is 0 Å². The van der Waals surface area contributed by atoms with Gasteiger partial charge in [-0.1, -0.05) is 0 Å². The van der Waals surface area contributed by atoms with Crippen LogP contribution in [0.3, 0.4) is 0 Å². The predicted octanol–water partition coefficient (Wildman–Crippen LogP) is -0.0808. The molecule has 0 unspecified atom stereocenters. The first kappa shape index (κ1) is 11.6. The second kappa shape index (κ2) is 4.65. The lowest BCUT2D eigenvalue weighted by molar-refractivity contribution is 0.754. The molecule has 0 aliphatic rings. The highest BCUT2D eigenvalue weighted by Crippen LogP contribution is 2.22. The van der Waals surface area contributed by atoms with Crippen LogP contribution in [0.15, 0.2) is 35.1 Å².